The van der Waals surface area contributed by atoms with Gasteiger partial charge in [-0.05, 0) is 35.4 Å². The van der Waals surface area contributed by atoms with Gasteiger partial charge in [0.1, 0.15) is 11.6 Å². The average Bonchev–Trinajstić information content (AvgIpc) is 2.73. The van der Waals surface area contributed by atoms with Crippen LogP contribution < -0.4 is 14.8 Å². The van der Waals surface area contributed by atoms with Crippen molar-refractivity contribution in [2.75, 3.05) is 7.11 Å². The Bertz CT molecular complexity index is 964. The van der Waals surface area contributed by atoms with E-state index in [2.05, 4.69) is 5.32 Å². The van der Waals surface area contributed by atoms with Gasteiger partial charge in [0, 0.05) is 6.54 Å². The maximum absolute atomic E-state index is 6.09. The molecular weight excluding hydrogens is 413 g/mol. The molecule has 1 N–H and O–H groups in total. The summed E-state index contributed by atoms with van der Waals surface area (Å²) in [6.45, 7) is 0.939. The van der Waals surface area contributed by atoms with E-state index in [-0.39, 0.29) is 0 Å². The van der Waals surface area contributed by atoms with Crippen molar-refractivity contribution in [2.45, 2.75) is 13.2 Å². The molecule has 144 valence electrons. The Morgan fingerprint density at radius 1 is 0.929 bits per heavy atom. The molecule has 0 atom stereocenters. The summed E-state index contributed by atoms with van der Waals surface area (Å²) in [5.41, 5.74) is 2.81. The Morgan fingerprint density at radius 3 is 2.43 bits per heavy atom. The van der Waals surface area contributed by atoms with Crippen LogP contribution in [0.3, 0.4) is 0 Å². The minimum Gasteiger partial charge on any atom is -0.493 e. The molecule has 0 radical (unpaired) electrons. The molecule has 0 bridgehead atoms. The second-order valence-corrected chi connectivity index (χ2v) is 7.27. The fourth-order valence-corrected chi connectivity index (χ4v) is 3.22. The number of hydrogen-bond acceptors (Lipinski definition) is 3. The van der Waals surface area contributed by atoms with Gasteiger partial charge >= 0.3 is 0 Å². The zero-order valence-electron chi connectivity index (χ0n) is 15.2. The van der Waals surface area contributed by atoms with Crippen LogP contribution >= 0.6 is 35.4 Å². The van der Waals surface area contributed by atoms with Crippen molar-refractivity contribution < 1.29 is 9.47 Å². The van der Waals surface area contributed by atoms with Crippen LogP contribution in [0.1, 0.15) is 16.7 Å². The van der Waals surface area contributed by atoms with Gasteiger partial charge in [0.2, 0.25) is 0 Å². The van der Waals surface area contributed by atoms with Gasteiger partial charge in [0.25, 0.3) is 0 Å². The summed E-state index contributed by atoms with van der Waals surface area (Å²) in [6, 6.07) is 21.1. The number of para-hydroxylation sites is 1. The van der Waals surface area contributed by atoms with Crippen molar-refractivity contribution in [3.05, 3.63) is 93.5 Å². The van der Waals surface area contributed by atoms with Gasteiger partial charge in [0.05, 0.1) is 22.7 Å². The summed E-state index contributed by atoms with van der Waals surface area (Å²) in [5, 5.41) is 4.28. The molecule has 3 nitrogen and oxygen atoms in total. The van der Waals surface area contributed by atoms with E-state index in [0.717, 1.165) is 16.7 Å². The lowest BCUT2D eigenvalue weighted by atomic mass is 10.1. The summed E-state index contributed by atoms with van der Waals surface area (Å²) in [4.78, 5) is 0.590. The standard InChI is InChI=1S/C22H19Cl2NO2S/c1-26-20-9-5-8-17(22(28)25-13-15-6-3-2-4-7-15)21(20)27-14-16-10-11-18(23)19(24)12-16/h2-12H,13-14H2,1H3,(H,25,28). The fraction of sp³-hybridized carbons (Fsp3) is 0.136. The zero-order valence-corrected chi connectivity index (χ0v) is 17.6. The Balaban J connectivity index is 1.77. The van der Waals surface area contributed by atoms with Gasteiger partial charge in [-0.25, -0.2) is 0 Å². The number of nitrogens with one attached hydrogen (secondary N) is 1. The minimum atomic E-state index is 0.311. The number of halogens is 2. The van der Waals surface area contributed by atoms with Crippen LogP contribution in [-0.4, -0.2) is 12.1 Å². The Labute approximate surface area is 180 Å². The third kappa shape index (κ3) is 5.16. The maximum Gasteiger partial charge on any atom is 0.171 e. The first-order valence-electron chi connectivity index (χ1n) is 8.64. The predicted molar refractivity (Wildman–Crippen MR) is 119 cm³/mol. The van der Waals surface area contributed by atoms with E-state index in [9.17, 15) is 0 Å². The number of hydrogen-bond donors (Lipinski definition) is 1. The number of rotatable bonds is 7. The number of benzene rings is 3. The van der Waals surface area contributed by atoms with Crippen molar-refractivity contribution in [3.63, 3.8) is 0 Å². The minimum absolute atomic E-state index is 0.311. The molecule has 0 saturated carbocycles. The first-order chi connectivity index (χ1) is 13.6. The molecule has 0 amide bonds. The lowest BCUT2D eigenvalue weighted by molar-refractivity contribution is 0.284. The van der Waals surface area contributed by atoms with Crippen molar-refractivity contribution in [3.8, 4) is 11.5 Å². The van der Waals surface area contributed by atoms with E-state index < -0.39 is 0 Å². The van der Waals surface area contributed by atoms with Crippen LogP contribution in [0.2, 0.25) is 10.0 Å². The SMILES string of the molecule is COc1cccc(C(=S)NCc2ccccc2)c1OCc1ccc(Cl)c(Cl)c1. The molecule has 0 fully saturated rings. The number of methoxy groups -OCH3 is 1. The zero-order chi connectivity index (χ0) is 19.9. The molecular formula is C22H19Cl2NO2S. The quantitative estimate of drug-likeness (QED) is 0.461. The molecule has 28 heavy (non-hydrogen) atoms. The van der Waals surface area contributed by atoms with E-state index in [0.29, 0.717) is 39.7 Å². The second-order valence-electron chi connectivity index (χ2n) is 6.04. The van der Waals surface area contributed by atoms with Crippen LogP contribution in [-0.2, 0) is 13.2 Å². The molecule has 0 spiro atoms. The molecule has 0 heterocycles. The highest BCUT2D eigenvalue weighted by molar-refractivity contribution is 7.80. The molecule has 0 aliphatic rings. The van der Waals surface area contributed by atoms with E-state index in [1.807, 2.05) is 54.6 Å². The second kappa shape index (κ2) is 9.78. The van der Waals surface area contributed by atoms with Gasteiger partial charge in [-0.2, -0.15) is 0 Å². The molecule has 0 aromatic heterocycles. The topological polar surface area (TPSA) is 30.5 Å². The van der Waals surface area contributed by atoms with Gasteiger partial charge in [-0.1, -0.05) is 77.9 Å². The van der Waals surface area contributed by atoms with Gasteiger partial charge in [0.15, 0.2) is 11.5 Å². The summed E-state index contributed by atoms with van der Waals surface area (Å²) in [6.07, 6.45) is 0. The van der Waals surface area contributed by atoms with Gasteiger partial charge in [-0.15, -0.1) is 0 Å². The third-order valence-corrected chi connectivity index (χ3v) is 5.21. The molecule has 0 aliphatic heterocycles. The van der Waals surface area contributed by atoms with Crippen LogP contribution in [0.15, 0.2) is 66.7 Å². The Kier molecular flexibility index (Phi) is 7.15. The summed E-state index contributed by atoms with van der Waals surface area (Å²) >= 11 is 17.7. The predicted octanol–water partition coefficient (Wildman–Crippen LogP) is 6.05. The molecule has 0 unspecified atom stereocenters. The molecule has 3 rings (SSSR count). The van der Waals surface area contributed by atoms with Crippen LogP contribution in [0.5, 0.6) is 11.5 Å². The van der Waals surface area contributed by atoms with E-state index >= 15 is 0 Å². The van der Waals surface area contributed by atoms with Crippen molar-refractivity contribution >= 4 is 40.4 Å². The van der Waals surface area contributed by atoms with E-state index in [4.69, 9.17) is 44.9 Å². The summed E-state index contributed by atoms with van der Waals surface area (Å²) in [7, 11) is 1.60. The molecule has 0 saturated heterocycles. The van der Waals surface area contributed by atoms with E-state index in [1.54, 1.807) is 19.2 Å². The third-order valence-electron chi connectivity index (χ3n) is 4.11. The summed E-state index contributed by atoms with van der Waals surface area (Å²) < 4.78 is 11.5. The Hall–Kier alpha value is -2.27. The monoisotopic (exact) mass is 431 g/mol. The average molecular weight is 432 g/mol. The lowest BCUT2D eigenvalue weighted by Crippen LogP contribution is -2.22. The first kappa shape index (κ1) is 20.5. The fourth-order valence-electron chi connectivity index (χ4n) is 2.66. The maximum atomic E-state index is 6.09. The van der Waals surface area contributed by atoms with Crippen molar-refractivity contribution in [2.24, 2.45) is 0 Å². The van der Waals surface area contributed by atoms with Gasteiger partial charge in [-0.3, -0.25) is 0 Å². The highest BCUT2D eigenvalue weighted by Crippen LogP contribution is 2.32. The van der Waals surface area contributed by atoms with Gasteiger partial charge < -0.3 is 14.8 Å². The Morgan fingerprint density at radius 2 is 1.71 bits per heavy atom. The molecule has 0 aliphatic carbocycles. The lowest BCUT2D eigenvalue weighted by Gasteiger charge is -2.17. The smallest absolute Gasteiger partial charge is 0.171 e. The molecule has 3 aromatic rings. The number of thiocarbonyl (C=S) groups is 1. The highest BCUT2D eigenvalue weighted by atomic mass is 35.5. The van der Waals surface area contributed by atoms with E-state index in [1.165, 1.54) is 0 Å². The van der Waals surface area contributed by atoms with Crippen LogP contribution in [0.4, 0.5) is 0 Å². The summed E-state index contributed by atoms with van der Waals surface area (Å²) in [5.74, 6) is 1.20. The highest BCUT2D eigenvalue weighted by Gasteiger charge is 2.15. The van der Waals surface area contributed by atoms with Crippen LogP contribution in [0, 0.1) is 0 Å². The van der Waals surface area contributed by atoms with Crippen LogP contribution in [0.25, 0.3) is 0 Å². The van der Waals surface area contributed by atoms with Crippen molar-refractivity contribution in [1.82, 2.24) is 5.32 Å². The number of ether oxygens (including phenoxy) is 2. The molecule has 6 heteroatoms. The molecule has 3 aromatic carbocycles. The largest absolute Gasteiger partial charge is 0.493 e. The van der Waals surface area contributed by atoms with Crippen molar-refractivity contribution in [1.29, 1.82) is 0 Å². The first-order valence-corrected chi connectivity index (χ1v) is 9.80. The normalized spacial score (nSPS) is 10.4.